The van der Waals surface area contributed by atoms with Crippen LogP contribution < -0.4 is 5.32 Å². The number of nitrogens with one attached hydrogen (secondary N) is 1. The van der Waals surface area contributed by atoms with Gasteiger partial charge in [-0.3, -0.25) is 4.99 Å². The Morgan fingerprint density at radius 3 is 2.38 bits per heavy atom. The fourth-order valence-corrected chi connectivity index (χ4v) is 3.22. The fourth-order valence-electron chi connectivity index (χ4n) is 3.22. The Kier molecular flexibility index (Phi) is 13.9. The number of hydrogen-bond acceptors (Lipinski definition) is 4. The van der Waals surface area contributed by atoms with Gasteiger partial charge in [0.15, 0.2) is 5.96 Å². The number of piperidine rings is 1. The molecule has 1 saturated heterocycles. The summed E-state index contributed by atoms with van der Waals surface area (Å²) >= 11 is 0. The molecular formula is C21H43IN4O3. The van der Waals surface area contributed by atoms with Gasteiger partial charge in [0, 0.05) is 46.4 Å². The zero-order valence-corrected chi connectivity index (χ0v) is 21.8. The number of hydrogen-bond donors (Lipinski definition) is 1. The van der Waals surface area contributed by atoms with Crippen LogP contribution in [0.2, 0.25) is 0 Å². The molecule has 7 nitrogen and oxygen atoms in total. The Morgan fingerprint density at radius 2 is 1.90 bits per heavy atom. The van der Waals surface area contributed by atoms with Crippen molar-refractivity contribution in [3.63, 3.8) is 0 Å². The maximum Gasteiger partial charge on any atom is 0.410 e. The van der Waals surface area contributed by atoms with E-state index in [9.17, 15) is 4.79 Å². The lowest BCUT2D eigenvalue weighted by Gasteiger charge is -2.36. The fraction of sp³-hybridized carbons (Fsp3) is 0.905. The Hall–Kier alpha value is -0.770. The molecule has 0 radical (unpaired) electrons. The molecule has 0 aromatic rings. The minimum Gasteiger partial charge on any atom is -0.444 e. The lowest BCUT2D eigenvalue weighted by atomic mass is 9.96. The Bertz CT molecular complexity index is 487. The smallest absolute Gasteiger partial charge is 0.410 e. The Labute approximate surface area is 195 Å². The highest BCUT2D eigenvalue weighted by Crippen LogP contribution is 2.20. The second-order valence-corrected chi connectivity index (χ2v) is 8.70. The van der Waals surface area contributed by atoms with Gasteiger partial charge in [-0.1, -0.05) is 0 Å². The van der Waals surface area contributed by atoms with E-state index >= 15 is 0 Å². The van der Waals surface area contributed by atoms with Gasteiger partial charge in [0.1, 0.15) is 5.60 Å². The minimum absolute atomic E-state index is 0. The predicted molar refractivity (Wildman–Crippen MR) is 130 cm³/mol. The van der Waals surface area contributed by atoms with E-state index in [0.717, 1.165) is 58.0 Å². The molecule has 1 N–H and O–H groups in total. The summed E-state index contributed by atoms with van der Waals surface area (Å²) in [5, 5.41) is 3.44. The monoisotopic (exact) mass is 526 g/mol. The van der Waals surface area contributed by atoms with Crippen molar-refractivity contribution in [1.82, 2.24) is 15.1 Å². The first-order valence-corrected chi connectivity index (χ1v) is 10.7. The van der Waals surface area contributed by atoms with Crippen LogP contribution in [0.5, 0.6) is 0 Å². The lowest BCUT2D eigenvalue weighted by molar-refractivity contribution is 0.0214. The van der Waals surface area contributed by atoms with Crippen molar-refractivity contribution in [2.75, 3.05) is 46.4 Å². The summed E-state index contributed by atoms with van der Waals surface area (Å²) in [4.78, 5) is 20.9. The van der Waals surface area contributed by atoms with Crippen LogP contribution >= 0.6 is 24.0 Å². The third-order valence-electron chi connectivity index (χ3n) is 4.69. The van der Waals surface area contributed by atoms with Gasteiger partial charge < -0.3 is 24.6 Å². The van der Waals surface area contributed by atoms with Gasteiger partial charge >= 0.3 is 6.09 Å². The minimum atomic E-state index is -0.452. The lowest BCUT2D eigenvalue weighted by Crippen LogP contribution is -2.48. The van der Waals surface area contributed by atoms with Crippen LogP contribution in [0.4, 0.5) is 4.79 Å². The molecule has 0 aromatic carbocycles. The number of carbonyl (C=O) groups excluding carboxylic acids is 1. The number of rotatable bonds is 8. The number of halogens is 1. The topological polar surface area (TPSA) is 66.4 Å². The second kappa shape index (κ2) is 14.3. The molecule has 1 fully saturated rings. The Balaban J connectivity index is 0.00000784. The maximum absolute atomic E-state index is 12.3. The van der Waals surface area contributed by atoms with Crippen LogP contribution in [0, 0.1) is 5.92 Å². The van der Waals surface area contributed by atoms with E-state index in [1.165, 1.54) is 0 Å². The highest BCUT2D eigenvalue weighted by Gasteiger charge is 2.27. The zero-order valence-electron chi connectivity index (χ0n) is 19.5. The molecule has 1 amide bonds. The van der Waals surface area contributed by atoms with Crippen molar-refractivity contribution < 1.29 is 14.3 Å². The van der Waals surface area contributed by atoms with Crippen LogP contribution in [0.15, 0.2) is 4.99 Å². The molecule has 1 heterocycles. The van der Waals surface area contributed by atoms with Crippen LogP contribution in [0.25, 0.3) is 0 Å². The van der Waals surface area contributed by atoms with E-state index in [1.54, 1.807) is 0 Å². The number of likely N-dealkylation sites (tertiary alicyclic amines) is 1. The molecule has 8 heteroatoms. The van der Waals surface area contributed by atoms with Crippen LogP contribution in [0.3, 0.4) is 0 Å². The summed E-state index contributed by atoms with van der Waals surface area (Å²) in [6.45, 7) is 16.8. The highest BCUT2D eigenvalue weighted by atomic mass is 127. The molecule has 0 unspecified atom stereocenters. The molecule has 0 atom stereocenters. The highest BCUT2D eigenvalue weighted by molar-refractivity contribution is 14.0. The van der Waals surface area contributed by atoms with Crippen molar-refractivity contribution in [3.05, 3.63) is 0 Å². The number of nitrogens with zero attached hydrogens (tertiary/aromatic N) is 3. The molecule has 0 aliphatic carbocycles. The average Bonchev–Trinajstić information content (AvgIpc) is 2.61. The standard InChI is InChI=1S/C21H42N4O3.HI/c1-8-24(20(26)28-21(4,5)6)16-18-10-13-25(14-11-18)19(22-7)23-12-9-15-27-17(2)3;/h17-18H,8-16H2,1-7H3,(H,22,23);1H. The van der Waals surface area contributed by atoms with Crippen LogP contribution in [-0.4, -0.2) is 79.9 Å². The summed E-state index contributed by atoms with van der Waals surface area (Å²) in [7, 11) is 1.83. The van der Waals surface area contributed by atoms with Gasteiger partial charge in [-0.15, -0.1) is 24.0 Å². The number of guanidine groups is 1. The van der Waals surface area contributed by atoms with Gasteiger partial charge in [-0.25, -0.2) is 4.79 Å². The SMILES string of the molecule is CCN(CC1CCN(C(=NC)NCCCOC(C)C)CC1)C(=O)OC(C)(C)C.I. The molecule has 1 rings (SSSR count). The summed E-state index contributed by atoms with van der Waals surface area (Å²) in [5.74, 6) is 1.46. The van der Waals surface area contributed by atoms with Crippen molar-refractivity contribution in [3.8, 4) is 0 Å². The van der Waals surface area contributed by atoms with Crippen molar-refractivity contribution in [2.45, 2.75) is 72.5 Å². The first kappa shape index (κ1) is 28.2. The molecule has 0 aromatic heterocycles. The van der Waals surface area contributed by atoms with Gasteiger partial charge in [0.25, 0.3) is 0 Å². The number of aliphatic imine (C=N–C) groups is 1. The summed E-state index contributed by atoms with van der Waals surface area (Å²) < 4.78 is 11.1. The molecule has 0 saturated carbocycles. The van der Waals surface area contributed by atoms with E-state index in [-0.39, 0.29) is 36.2 Å². The molecule has 29 heavy (non-hydrogen) atoms. The summed E-state index contributed by atoms with van der Waals surface area (Å²) in [6, 6.07) is 0. The van der Waals surface area contributed by atoms with Gasteiger partial charge in [-0.2, -0.15) is 0 Å². The number of ether oxygens (including phenoxy) is 2. The van der Waals surface area contributed by atoms with Gasteiger partial charge in [0.05, 0.1) is 6.10 Å². The van der Waals surface area contributed by atoms with E-state index in [2.05, 4.69) is 29.1 Å². The Morgan fingerprint density at radius 1 is 1.28 bits per heavy atom. The predicted octanol–water partition coefficient (Wildman–Crippen LogP) is 3.96. The van der Waals surface area contributed by atoms with Crippen LogP contribution in [-0.2, 0) is 9.47 Å². The third-order valence-corrected chi connectivity index (χ3v) is 4.69. The van der Waals surface area contributed by atoms with E-state index in [1.807, 2.05) is 39.6 Å². The number of amides is 1. The normalized spacial score (nSPS) is 15.9. The van der Waals surface area contributed by atoms with Crippen molar-refractivity contribution >= 4 is 36.0 Å². The van der Waals surface area contributed by atoms with E-state index in [4.69, 9.17) is 9.47 Å². The summed E-state index contributed by atoms with van der Waals surface area (Å²) in [5.41, 5.74) is -0.452. The molecule has 172 valence electrons. The largest absolute Gasteiger partial charge is 0.444 e. The molecular weight excluding hydrogens is 483 g/mol. The van der Waals surface area contributed by atoms with Gasteiger partial charge in [-0.05, 0) is 66.7 Å². The van der Waals surface area contributed by atoms with E-state index in [0.29, 0.717) is 12.5 Å². The number of carbonyl (C=O) groups is 1. The third kappa shape index (κ3) is 11.9. The quantitative estimate of drug-likeness (QED) is 0.225. The van der Waals surface area contributed by atoms with Crippen molar-refractivity contribution in [2.24, 2.45) is 10.9 Å². The maximum atomic E-state index is 12.3. The van der Waals surface area contributed by atoms with Crippen LogP contribution in [0.1, 0.15) is 60.8 Å². The first-order valence-electron chi connectivity index (χ1n) is 10.7. The molecule has 0 bridgehead atoms. The molecule has 1 aliphatic rings. The average molecular weight is 527 g/mol. The summed E-state index contributed by atoms with van der Waals surface area (Å²) in [6.07, 6.45) is 3.14. The second-order valence-electron chi connectivity index (χ2n) is 8.70. The first-order chi connectivity index (χ1) is 13.2. The van der Waals surface area contributed by atoms with Gasteiger partial charge in [0.2, 0.25) is 0 Å². The zero-order chi connectivity index (χ0) is 21.2. The van der Waals surface area contributed by atoms with Crippen molar-refractivity contribution in [1.29, 1.82) is 0 Å². The van der Waals surface area contributed by atoms with E-state index < -0.39 is 5.60 Å². The molecule has 1 aliphatic heterocycles. The molecule has 0 spiro atoms.